The van der Waals surface area contributed by atoms with E-state index < -0.39 is 0 Å². The fourth-order valence-corrected chi connectivity index (χ4v) is 4.87. The van der Waals surface area contributed by atoms with Gasteiger partial charge in [0.2, 0.25) is 5.89 Å². The van der Waals surface area contributed by atoms with Gasteiger partial charge in [-0.2, -0.15) is 0 Å². The normalized spacial score (nSPS) is 18.2. The van der Waals surface area contributed by atoms with Crippen LogP contribution in [0.2, 0.25) is 0 Å². The van der Waals surface area contributed by atoms with Gasteiger partial charge in [-0.15, -0.1) is 0 Å². The molecule has 172 valence electrons. The third kappa shape index (κ3) is 4.96. The lowest BCUT2D eigenvalue weighted by atomic mass is 9.87. The van der Waals surface area contributed by atoms with Crippen LogP contribution >= 0.6 is 0 Å². The quantitative estimate of drug-likeness (QED) is 0.583. The van der Waals surface area contributed by atoms with Gasteiger partial charge in [-0.05, 0) is 81.4 Å². The van der Waals surface area contributed by atoms with Gasteiger partial charge >= 0.3 is 0 Å². The number of ether oxygens (including phenoxy) is 1. The monoisotopic (exact) mass is 445 g/mol. The maximum Gasteiger partial charge on any atom is 0.273 e. The molecule has 0 unspecified atom stereocenters. The van der Waals surface area contributed by atoms with E-state index in [1.807, 2.05) is 30.3 Å². The van der Waals surface area contributed by atoms with Crippen molar-refractivity contribution in [1.82, 2.24) is 15.2 Å². The zero-order chi connectivity index (χ0) is 22.6. The maximum absolute atomic E-state index is 13.0. The Morgan fingerprint density at radius 1 is 1.15 bits per heavy atom. The Morgan fingerprint density at radius 2 is 1.97 bits per heavy atom. The summed E-state index contributed by atoms with van der Waals surface area (Å²) in [5, 5.41) is 3.18. The predicted molar refractivity (Wildman–Crippen MR) is 128 cm³/mol. The van der Waals surface area contributed by atoms with Gasteiger partial charge in [-0.25, -0.2) is 4.98 Å². The largest absolute Gasteiger partial charge is 0.492 e. The molecule has 5 rings (SSSR count). The van der Waals surface area contributed by atoms with Crippen molar-refractivity contribution in [2.24, 2.45) is 0 Å². The molecule has 1 fully saturated rings. The highest BCUT2D eigenvalue weighted by Crippen LogP contribution is 2.30. The van der Waals surface area contributed by atoms with Gasteiger partial charge in [0.25, 0.3) is 5.91 Å². The molecular formula is C27H31N3O3. The first-order valence-corrected chi connectivity index (χ1v) is 12.0. The SMILES string of the molecule is Cc1oc(-c2ccccc2)nc1C(=O)N[C@@H]1CCc2cccc(OCCN3CCCC3)c2C1. The molecule has 1 aliphatic carbocycles. The number of benzene rings is 2. The molecule has 1 amide bonds. The number of aromatic nitrogens is 1. The van der Waals surface area contributed by atoms with E-state index in [1.165, 1.54) is 37.1 Å². The van der Waals surface area contributed by atoms with E-state index in [0.29, 0.717) is 24.0 Å². The highest BCUT2D eigenvalue weighted by atomic mass is 16.5. The second-order valence-electron chi connectivity index (χ2n) is 8.99. The molecule has 0 radical (unpaired) electrons. The van der Waals surface area contributed by atoms with Crippen LogP contribution in [0.4, 0.5) is 0 Å². The first-order valence-electron chi connectivity index (χ1n) is 12.0. The van der Waals surface area contributed by atoms with Gasteiger partial charge in [0.15, 0.2) is 5.69 Å². The minimum Gasteiger partial charge on any atom is -0.492 e. The summed E-state index contributed by atoms with van der Waals surface area (Å²) in [6, 6.07) is 16.0. The number of oxazole rings is 1. The minimum absolute atomic E-state index is 0.0459. The zero-order valence-electron chi connectivity index (χ0n) is 19.2. The van der Waals surface area contributed by atoms with Crippen LogP contribution in [0.3, 0.4) is 0 Å². The Hall–Kier alpha value is -3.12. The Labute approximate surface area is 195 Å². The highest BCUT2D eigenvalue weighted by Gasteiger charge is 2.26. The summed E-state index contributed by atoms with van der Waals surface area (Å²) in [5.41, 5.74) is 3.76. The van der Waals surface area contributed by atoms with Crippen LogP contribution in [0.15, 0.2) is 52.9 Å². The highest BCUT2D eigenvalue weighted by molar-refractivity contribution is 5.94. The van der Waals surface area contributed by atoms with E-state index in [0.717, 1.165) is 37.1 Å². The van der Waals surface area contributed by atoms with Gasteiger partial charge < -0.3 is 14.5 Å². The fourth-order valence-electron chi connectivity index (χ4n) is 4.87. The Balaban J connectivity index is 1.24. The second-order valence-corrected chi connectivity index (χ2v) is 8.99. The Morgan fingerprint density at radius 3 is 2.79 bits per heavy atom. The summed E-state index contributed by atoms with van der Waals surface area (Å²) >= 11 is 0. The summed E-state index contributed by atoms with van der Waals surface area (Å²) in [4.78, 5) is 20.0. The van der Waals surface area contributed by atoms with Crippen LogP contribution in [0, 0.1) is 6.92 Å². The number of nitrogens with zero attached hydrogens (tertiary/aromatic N) is 2. The Kier molecular flexibility index (Phi) is 6.44. The molecular weight excluding hydrogens is 414 g/mol. The van der Waals surface area contributed by atoms with Crippen LogP contribution in [0.5, 0.6) is 5.75 Å². The molecule has 2 heterocycles. The topological polar surface area (TPSA) is 67.6 Å². The van der Waals surface area contributed by atoms with Crippen LogP contribution in [-0.4, -0.2) is 48.1 Å². The molecule has 1 saturated heterocycles. The second kappa shape index (κ2) is 9.79. The van der Waals surface area contributed by atoms with E-state index in [9.17, 15) is 4.79 Å². The van der Waals surface area contributed by atoms with E-state index in [4.69, 9.17) is 9.15 Å². The van der Waals surface area contributed by atoms with Crippen LogP contribution in [-0.2, 0) is 12.8 Å². The number of carbonyl (C=O) groups is 1. The summed E-state index contributed by atoms with van der Waals surface area (Å²) in [6.07, 6.45) is 5.18. The molecule has 1 aromatic heterocycles. The van der Waals surface area contributed by atoms with Gasteiger partial charge in [0.1, 0.15) is 18.1 Å². The number of fused-ring (bicyclic) bond motifs is 1. The third-order valence-corrected chi connectivity index (χ3v) is 6.67. The number of carbonyl (C=O) groups excluding carboxylic acids is 1. The molecule has 0 bridgehead atoms. The van der Waals surface area contributed by atoms with Crippen LogP contribution in [0.25, 0.3) is 11.5 Å². The molecule has 1 aliphatic heterocycles. The molecule has 6 heteroatoms. The first-order chi connectivity index (χ1) is 16.2. The number of rotatable bonds is 7. The standard InChI is InChI=1S/C27H31N3O3/c1-19-25(29-27(33-19)21-8-3-2-4-9-21)26(31)28-22-13-12-20-10-7-11-24(23(20)18-22)32-17-16-30-14-5-6-15-30/h2-4,7-11,22H,5-6,12-18H2,1H3,(H,28,31)/t22-/m1/s1. The minimum atomic E-state index is -0.181. The molecule has 1 atom stereocenters. The van der Waals surface area contributed by atoms with E-state index >= 15 is 0 Å². The maximum atomic E-state index is 13.0. The van der Waals surface area contributed by atoms with Crippen molar-refractivity contribution >= 4 is 5.91 Å². The van der Waals surface area contributed by atoms with Crippen molar-refractivity contribution < 1.29 is 13.9 Å². The van der Waals surface area contributed by atoms with Crippen molar-refractivity contribution in [3.8, 4) is 17.2 Å². The summed E-state index contributed by atoms with van der Waals surface area (Å²) in [6.45, 7) is 5.82. The molecule has 33 heavy (non-hydrogen) atoms. The molecule has 2 aromatic carbocycles. The molecule has 0 spiro atoms. The van der Waals surface area contributed by atoms with Gasteiger partial charge in [0.05, 0.1) is 0 Å². The van der Waals surface area contributed by atoms with Crippen LogP contribution in [0.1, 0.15) is 46.6 Å². The van der Waals surface area contributed by atoms with Gasteiger partial charge in [0, 0.05) is 18.2 Å². The fraction of sp³-hybridized carbons (Fsp3) is 0.407. The smallest absolute Gasteiger partial charge is 0.273 e. The van der Waals surface area contributed by atoms with Crippen molar-refractivity contribution in [2.75, 3.05) is 26.2 Å². The summed E-state index contributed by atoms with van der Waals surface area (Å²) < 4.78 is 12.0. The lowest BCUT2D eigenvalue weighted by Gasteiger charge is -2.27. The Bertz CT molecular complexity index is 1100. The first kappa shape index (κ1) is 21.7. The molecule has 2 aliphatic rings. The van der Waals surface area contributed by atoms with E-state index in [2.05, 4.69) is 33.4 Å². The predicted octanol–water partition coefficient (Wildman–Crippen LogP) is 4.41. The van der Waals surface area contributed by atoms with Crippen molar-refractivity contribution in [3.63, 3.8) is 0 Å². The molecule has 6 nitrogen and oxygen atoms in total. The zero-order valence-corrected chi connectivity index (χ0v) is 19.2. The van der Waals surface area contributed by atoms with E-state index in [1.54, 1.807) is 6.92 Å². The van der Waals surface area contributed by atoms with Gasteiger partial charge in [-0.3, -0.25) is 9.69 Å². The number of hydrogen-bond acceptors (Lipinski definition) is 5. The number of nitrogens with one attached hydrogen (secondary N) is 1. The van der Waals surface area contributed by atoms with E-state index in [-0.39, 0.29) is 11.9 Å². The number of likely N-dealkylation sites (tertiary alicyclic amines) is 1. The average Bonchev–Trinajstić information content (AvgIpc) is 3.50. The lowest BCUT2D eigenvalue weighted by molar-refractivity contribution is 0.0927. The molecule has 0 saturated carbocycles. The third-order valence-electron chi connectivity index (χ3n) is 6.67. The number of hydrogen-bond donors (Lipinski definition) is 1. The summed E-state index contributed by atoms with van der Waals surface area (Å²) in [7, 11) is 0. The lowest BCUT2D eigenvalue weighted by Crippen LogP contribution is -2.39. The molecule has 3 aromatic rings. The molecule has 1 N–H and O–H groups in total. The summed E-state index contributed by atoms with van der Waals surface area (Å²) in [5.74, 6) is 1.78. The van der Waals surface area contributed by atoms with Crippen molar-refractivity contribution in [2.45, 2.75) is 45.1 Å². The number of aryl methyl sites for hydroxylation is 2. The van der Waals surface area contributed by atoms with Crippen molar-refractivity contribution in [1.29, 1.82) is 0 Å². The van der Waals surface area contributed by atoms with Crippen molar-refractivity contribution in [3.05, 3.63) is 71.1 Å². The number of amides is 1. The van der Waals surface area contributed by atoms with Gasteiger partial charge in [-0.1, -0.05) is 30.3 Å². The van der Waals surface area contributed by atoms with Crippen LogP contribution < -0.4 is 10.1 Å². The average molecular weight is 446 g/mol.